The van der Waals surface area contributed by atoms with E-state index in [-0.39, 0.29) is 29.5 Å². The first kappa shape index (κ1) is 27.8. The van der Waals surface area contributed by atoms with Crippen LogP contribution in [0.15, 0.2) is 42.5 Å². The number of carboxylic acids is 1. The SMILES string of the molecule is CC(S)COC(=O)n1c2c(c3ccccc31)CCN(CC(C)(C)F)C2c1c(F)cc(/C=C/C(=O)O)cc1F. The molecule has 1 aliphatic rings. The second-order valence-corrected chi connectivity index (χ2v) is 10.9. The molecule has 2 atom stereocenters. The molecule has 10 heteroatoms. The van der Waals surface area contributed by atoms with E-state index in [4.69, 9.17) is 9.84 Å². The highest BCUT2D eigenvalue weighted by Gasteiger charge is 2.40. The molecule has 0 amide bonds. The Kier molecular flexibility index (Phi) is 7.94. The van der Waals surface area contributed by atoms with E-state index >= 15 is 8.78 Å². The van der Waals surface area contributed by atoms with Gasteiger partial charge in [-0.25, -0.2) is 27.3 Å². The first-order chi connectivity index (χ1) is 17.9. The molecule has 2 unspecified atom stereocenters. The maximum absolute atomic E-state index is 15.7. The molecule has 4 rings (SSSR count). The molecule has 1 aromatic heterocycles. The highest BCUT2D eigenvalue weighted by atomic mass is 32.1. The minimum absolute atomic E-state index is 0.0160. The number of aromatic nitrogens is 1. The highest BCUT2D eigenvalue weighted by molar-refractivity contribution is 7.80. The molecule has 0 fully saturated rings. The van der Waals surface area contributed by atoms with Gasteiger partial charge in [-0.15, -0.1) is 0 Å². The Morgan fingerprint density at radius 2 is 1.89 bits per heavy atom. The van der Waals surface area contributed by atoms with Gasteiger partial charge in [-0.3, -0.25) is 4.90 Å². The molecule has 202 valence electrons. The van der Waals surface area contributed by atoms with E-state index in [2.05, 4.69) is 12.6 Å². The average molecular weight is 547 g/mol. The van der Waals surface area contributed by atoms with Crippen LogP contribution in [0, 0.1) is 11.6 Å². The average Bonchev–Trinajstić information content (AvgIpc) is 3.15. The number of para-hydroxylation sites is 1. The van der Waals surface area contributed by atoms with Crippen LogP contribution >= 0.6 is 12.6 Å². The fourth-order valence-electron chi connectivity index (χ4n) is 4.99. The first-order valence-corrected chi connectivity index (χ1v) is 12.7. The molecule has 0 bridgehead atoms. The fourth-order valence-corrected chi connectivity index (χ4v) is 5.06. The van der Waals surface area contributed by atoms with Crippen LogP contribution in [0.5, 0.6) is 0 Å². The smallest absolute Gasteiger partial charge is 0.418 e. The van der Waals surface area contributed by atoms with Crippen molar-refractivity contribution in [2.45, 2.75) is 44.2 Å². The maximum atomic E-state index is 15.7. The van der Waals surface area contributed by atoms with Gasteiger partial charge < -0.3 is 9.84 Å². The number of fused-ring (bicyclic) bond motifs is 3. The molecule has 2 heterocycles. The molecule has 38 heavy (non-hydrogen) atoms. The van der Waals surface area contributed by atoms with Crippen molar-refractivity contribution in [1.29, 1.82) is 0 Å². The van der Waals surface area contributed by atoms with E-state index in [9.17, 15) is 14.0 Å². The topological polar surface area (TPSA) is 71.8 Å². The summed E-state index contributed by atoms with van der Waals surface area (Å²) in [5.41, 5.74) is -0.494. The van der Waals surface area contributed by atoms with Crippen molar-refractivity contribution >= 4 is 41.7 Å². The van der Waals surface area contributed by atoms with Gasteiger partial charge >= 0.3 is 12.1 Å². The third-order valence-electron chi connectivity index (χ3n) is 6.30. The van der Waals surface area contributed by atoms with Crippen molar-refractivity contribution in [3.63, 3.8) is 0 Å². The molecule has 2 aromatic carbocycles. The van der Waals surface area contributed by atoms with E-state index in [1.807, 2.05) is 12.1 Å². The molecule has 3 aromatic rings. The number of nitrogens with zero attached hydrogens (tertiary/aromatic N) is 2. The van der Waals surface area contributed by atoms with Crippen LogP contribution in [0.1, 0.15) is 49.2 Å². The van der Waals surface area contributed by atoms with Crippen LogP contribution in [-0.2, 0) is 16.0 Å². The summed E-state index contributed by atoms with van der Waals surface area (Å²) in [5.74, 6) is -3.14. The normalized spacial score (nSPS) is 17.1. The van der Waals surface area contributed by atoms with Gasteiger partial charge in [-0.1, -0.05) is 25.1 Å². The van der Waals surface area contributed by atoms with Gasteiger partial charge in [-0.2, -0.15) is 12.6 Å². The van der Waals surface area contributed by atoms with E-state index in [1.54, 1.807) is 24.0 Å². The molecule has 1 aliphatic heterocycles. The summed E-state index contributed by atoms with van der Waals surface area (Å²) < 4.78 is 53.1. The van der Waals surface area contributed by atoms with Crippen molar-refractivity contribution in [1.82, 2.24) is 9.47 Å². The Bertz CT molecular complexity index is 1390. The van der Waals surface area contributed by atoms with Crippen molar-refractivity contribution in [3.05, 3.63) is 76.5 Å². The van der Waals surface area contributed by atoms with Crippen molar-refractivity contribution in [3.8, 4) is 0 Å². The number of carbonyl (C=O) groups excluding carboxylic acids is 1. The second kappa shape index (κ2) is 10.9. The number of aliphatic carboxylic acids is 1. The third kappa shape index (κ3) is 5.76. The summed E-state index contributed by atoms with van der Waals surface area (Å²) in [6, 6.07) is 8.02. The minimum atomic E-state index is -1.70. The van der Waals surface area contributed by atoms with E-state index in [0.717, 1.165) is 35.2 Å². The largest absolute Gasteiger partial charge is 0.478 e. The molecule has 0 saturated carbocycles. The van der Waals surface area contributed by atoms with Crippen LogP contribution in [0.25, 0.3) is 17.0 Å². The fraction of sp³-hybridized carbons (Fsp3) is 0.357. The Hall–Kier alpha value is -3.24. The van der Waals surface area contributed by atoms with E-state index in [1.165, 1.54) is 18.4 Å². The summed E-state index contributed by atoms with van der Waals surface area (Å²) in [6.45, 7) is 4.68. The number of benzene rings is 2. The molecule has 0 spiro atoms. The van der Waals surface area contributed by atoms with Crippen LogP contribution in [0.3, 0.4) is 0 Å². The predicted octanol–water partition coefficient (Wildman–Crippen LogP) is 6.02. The number of hydrogen-bond acceptors (Lipinski definition) is 5. The lowest BCUT2D eigenvalue weighted by molar-refractivity contribution is -0.131. The monoisotopic (exact) mass is 546 g/mol. The zero-order valence-electron chi connectivity index (χ0n) is 21.2. The van der Waals surface area contributed by atoms with Crippen molar-refractivity contribution < 1.29 is 32.6 Å². The predicted molar refractivity (Wildman–Crippen MR) is 142 cm³/mol. The zero-order valence-corrected chi connectivity index (χ0v) is 22.1. The molecule has 0 saturated heterocycles. The van der Waals surface area contributed by atoms with E-state index < -0.39 is 35.4 Å². The van der Waals surface area contributed by atoms with Gasteiger partial charge in [-0.05, 0) is 55.7 Å². The quantitative estimate of drug-likeness (QED) is 0.280. The number of rotatable bonds is 7. The minimum Gasteiger partial charge on any atom is -0.478 e. The maximum Gasteiger partial charge on any atom is 0.418 e. The first-order valence-electron chi connectivity index (χ1n) is 12.2. The molecule has 0 aliphatic carbocycles. The van der Waals surface area contributed by atoms with Crippen LogP contribution in [-0.4, -0.2) is 57.3 Å². The van der Waals surface area contributed by atoms with Gasteiger partial charge in [0.2, 0.25) is 0 Å². The third-order valence-corrected chi connectivity index (χ3v) is 6.45. The van der Waals surface area contributed by atoms with Crippen LogP contribution in [0.2, 0.25) is 0 Å². The molecule has 1 N–H and O–H groups in total. The standard InChI is InChI=1S/C28H29F3N2O4S/c1-16(38)14-37-27(36)33-22-7-5-4-6-18(22)19-10-11-32(15-28(2,3)31)26(25(19)33)24-20(29)12-17(13-21(24)30)8-9-23(34)35/h4-9,12-13,16,26,38H,10-11,14-15H2,1-3H3,(H,34,35)/b9-8+. The second-order valence-electron chi connectivity index (χ2n) is 10.1. The summed E-state index contributed by atoms with van der Waals surface area (Å²) >= 11 is 4.27. The number of carbonyl (C=O) groups is 2. The Balaban J connectivity index is 1.97. The van der Waals surface area contributed by atoms with Crippen LogP contribution in [0.4, 0.5) is 18.0 Å². The summed E-state index contributed by atoms with van der Waals surface area (Å²) in [5, 5.41) is 9.39. The van der Waals surface area contributed by atoms with E-state index in [0.29, 0.717) is 24.2 Å². The molecular formula is C28H29F3N2O4S. The van der Waals surface area contributed by atoms with Gasteiger partial charge in [0.15, 0.2) is 0 Å². The van der Waals surface area contributed by atoms with Crippen LogP contribution < -0.4 is 0 Å². The highest BCUT2D eigenvalue weighted by Crippen LogP contribution is 2.43. The van der Waals surface area contributed by atoms with Crippen molar-refractivity contribution in [2.75, 3.05) is 19.7 Å². The van der Waals surface area contributed by atoms with Gasteiger partial charge in [0, 0.05) is 35.4 Å². The summed E-state index contributed by atoms with van der Waals surface area (Å²) in [7, 11) is 0. The van der Waals surface area contributed by atoms with Gasteiger partial charge in [0.05, 0.1) is 17.3 Å². The zero-order chi connectivity index (χ0) is 27.8. The number of carboxylic acid groups (broad SMARTS) is 1. The molecular weight excluding hydrogens is 517 g/mol. The van der Waals surface area contributed by atoms with Gasteiger partial charge in [0.1, 0.15) is 23.9 Å². The Morgan fingerprint density at radius 1 is 1.24 bits per heavy atom. The summed E-state index contributed by atoms with van der Waals surface area (Å²) in [4.78, 5) is 25.9. The number of thiol groups is 1. The summed E-state index contributed by atoms with van der Waals surface area (Å²) in [6.07, 6.45) is 1.56. The number of ether oxygens (including phenoxy) is 1. The molecule has 0 radical (unpaired) electrons. The molecule has 6 nitrogen and oxygen atoms in total. The lowest BCUT2D eigenvalue weighted by atomic mass is 9.90. The number of hydrogen-bond donors (Lipinski definition) is 2. The number of alkyl halides is 1. The van der Waals surface area contributed by atoms with Crippen molar-refractivity contribution in [2.24, 2.45) is 0 Å². The Labute approximate surface area is 224 Å². The van der Waals surface area contributed by atoms with Gasteiger partial charge in [0.25, 0.3) is 0 Å². The Morgan fingerprint density at radius 3 is 2.50 bits per heavy atom. The lowest BCUT2D eigenvalue weighted by Crippen LogP contribution is -2.44. The number of halogens is 3. The lowest BCUT2D eigenvalue weighted by Gasteiger charge is -2.39.